The number of phenols is 1. The molecule has 1 aromatic carbocycles. The van der Waals surface area contributed by atoms with Crippen molar-refractivity contribution in [1.82, 2.24) is 0 Å². The van der Waals surface area contributed by atoms with E-state index < -0.39 is 0 Å². The highest BCUT2D eigenvalue weighted by atomic mass is 79.9. The molecule has 0 spiro atoms. The third-order valence-corrected chi connectivity index (χ3v) is 2.54. The summed E-state index contributed by atoms with van der Waals surface area (Å²) >= 11 is 3.25. The Bertz CT molecular complexity index is 459. The van der Waals surface area contributed by atoms with Crippen LogP contribution in [0.15, 0.2) is 28.2 Å². The van der Waals surface area contributed by atoms with Gasteiger partial charge >= 0.3 is 0 Å². The van der Waals surface area contributed by atoms with Gasteiger partial charge in [0.1, 0.15) is 5.75 Å². The first-order valence-corrected chi connectivity index (χ1v) is 5.43. The van der Waals surface area contributed by atoms with Crippen LogP contribution in [0.5, 0.6) is 5.75 Å². The minimum Gasteiger partial charge on any atom is -0.507 e. The predicted octanol–water partition coefficient (Wildman–Crippen LogP) is 2.72. The van der Waals surface area contributed by atoms with Crippen LogP contribution in [0.25, 0.3) is 6.08 Å². The van der Waals surface area contributed by atoms with Crippen molar-refractivity contribution < 1.29 is 14.7 Å². The van der Waals surface area contributed by atoms with Crippen LogP contribution in [-0.2, 0) is 9.59 Å². The molecular weight excluding hydrogens is 272 g/mol. The summed E-state index contributed by atoms with van der Waals surface area (Å²) < 4.78 is 0.767. The molecule has 0 fully saturated rings. The maximum absolute atomic E-state index is 11.2. The number of hydrogen-bond donors (Lipinski definition) is 1. The van der Waals surface area contributed by atoms with Gasteiger partial charge in [0.2, 0.25) is 0 Å². The molecule has 0 bridgehead atoms. The van der Waals surface area contributed by atoms with Gasteiger partial charge in [0, 0.05) is 10.0 Å². The zero-order valence-corrected chi connectivity index (χ0v) is 10.5. The Hall–Kier alpha value is -1.42. The van der Waals surface area contributed by atoms with Gasteiger partial charge in [-0.3, -0.25) is 9.59 Å². The number of phenolic OH excluding ortho intramolecular Hbond substituents is 1. The van der Waals surface area contributed by atoms with Crippen LogP contribution in [-0.4, -0.2) is 16.7 Å². The third-order valence-electron chi connectivity index (χ3n) is 2.05. The molecule has 0 saturated carbocycles. The maximum Gasteiger partial charge on any atom is 0.163 e. The zero-order chi connectivity index (χ0) is 12.3. The van der Waals surface area contributed by atoms with Crippen LogP contribution >= 0.6 is 15.9 Å². The monoisotopic (exact) mass is 282 g/mol. The summed E-state index contributed by atoms with van der Waals surface area (Å²) in [7, 11) is 0. The predicted molar refractivity (Wildman–Crippen MR) is 65.1 cm³/mol. The maximum atomic E-state index is 11.2. The molecule has 0 atom stereocenters. The Morgan fingerprint density at radius 2 is 1.81 bits per heavy atom. The Morgan fingerprint density at radius 1 is 1.25 bits per heavy atom. The quantitative estimate of drug-likeness (QED) is 0.527. The van der Waals surface area contributed by atoms with Crippen LogP contribution in [0.4, 0.5) is 0 Å². The fraction of sp³-hybridized carbons (Fsp3) is 0.167. The van der Waals surface area contributed by atoms with Crippen LogP contribution < -0.4 is 0 Å². The van der Waals surface area contributed by atoms with Gasteiger partial charge in [0.05, 0.1) is 5.57 Å². The highest BCUT2D eigenvalue weighted by Gasteiger charge is 2.10. The van der Waals surface area contributed by atoms with Crippen LogP contribution in [0.3, 0.4) is 0 Å². The highest BCUT2D eigenvalue weighted by Crippen LogP contribution is 2.24. The number of benzene rings is 1. The van der Waals surface area contributed by atoms with Crippen molar-refractivity contribution in [2.75, 3.05) is 0 Å². The Morgan fingerprint density at radius 3 is 2.31 bits per heavy atom. The lowest BCUT2D eigenvalue weighted by Gasteiger charge is -2.02. The topological polar surface area (TPSA) is 54.4 Å². The van der Waals surface area contributed by atoms with Gasteiger partial charge in [-0.1, -0.05) is 15.9 Å². The number of ketones is 2. The number of Topliss-reactive ketones (excluding diaryl/α,β-unsaturated/α-hetero) is 2. The van der Waals surface area contributed by atoms with E-state index in [4.69, 9.17) is 0 Å². The summed E-state index contributed by atoms with van der Waals surface area (Å²) in [6.07, 6.45) is 1.39. The average Bonchev–Trinajstić information content (AvgIpc) is 2.18. The Kier molecular flexibility index (Phi) is 4.01. The van der Waals surface area contributed by atoms with E-state index in [1.54, 1.807) is 12.1 Å². The van der Waals surface area contributed by atoms with Gasteiger partial charge in [0.15, 0.2) is 11.6 Å². The first-order chi connectivity index (χ1) is 7.41. The number of halogens is 1. The van der Waals surface area contributed by atoms with Gasteiger partial charge < -0.3 is 5.11 Å². The Balaban J connectivity index is 3.28. The van der Waals surface area contributed by atoms with Crippen molar-refractivity contribution in [2.45, 2.75) is 13.8 Å². The van der Waals surface area contributed by atoms with E-state index in [2.05, 4.69) is 15.9 Å². The number of carbonyl (C=O) groups is 2. The van der Waals surface area contributed by atoms with E-state index in [0.717, 1.165) is 4.47 Å². The number of carbonyl (C=O) groups excluding carboxylic acids is 2. The molecule has 0 aliphatic rings. The molecule has 84 valence electrons. The van der Waals surface area contributed by atoms with Crippen LogP contribution in [0, 0.1) is 0 Å². The molecule has 0 heterocycles. The van der Waals surface area contributed by atoms with E-state index in [9.17, 15) is 14.7 Å². The van der Waals surface area contributed by atoms with Crippen molar-refractivity contribution in [1.29, 1.82) is 0 Å². The van der Waals surface area contributed by atoms with E-state index >= 15 is 0 Å². The molecule has 0 saturated heterocycles. The zero-order valence-electron chi connectivity index (χ0n) is 8.95. The average molecular weight is 283 g/mol. The van der Waals surface area contributed by atoms with Crippen LogP contribution in [0.1, 0.15) is 19.4 Å². The molecule has 0 amide bonds. The minimum absolute atomic E-state index is 0.0307. The first kappa shape index (κ1) is 12.6. The number of allylic oxidation sites excluding steroid dienone is 1. The van der Waals surface area contributed by atoms with Crippen molar-refractivity contribution >= 4 is 33.6 Å². The number of rotatable bonds is 3. The van der Waals surface area contributed by atoms with Crippen molar-refractivity contribution in [3.8, 4) is 5.75 Å². The van der Waals surface area contributed by atoms with Gasteiger partial charge in [-0.2, -0.15) is 0 Å². The molecule has 0 radical (unpaired) electrons. The standard InChI is InChI=1S/C12H11BrO3/c1-7(14)11(8(2)15)6-9-5-10(13)3-4-12(9)16/h3-6,16H,1-2H3. The fourth-order valence-electron chi connectivity index (χ4n) is 1.25. The van der Waals surface area contributed by atoms with Crippen molar-refractivity contribution in [3.63, 3.8) is 0 Å². The molecule has 0 unspecified atom stereocenters. The molecule has 0 aliphatic heterocycles. The number of hydrogen-bond acceptors (Lipinski definition) is 3. The number of aromatic hydroxyl groups is 1. The van der Waals surface area contributed by atoms with Crippen LogP contribution in [0.2, 0.25) is 0 Å². The van der Waals surface area contributed by atoms with Gasteiger partial charge in [-0.25, -0.2) is 0 Å². The van der Waals surface area contributed by atoms with E-state index in [1.165, 1.54) is 26.0 Å². The van der Waals surface area contributed by atoms with Crippen molar-refractivity contribution in [3.05, 3.63) is 33.8 Å². The van der Waals surface area contributed by atoms with Gasteiger partial charge in [0.25, 0.3) is 0 Å². The third kappa shape index (κ3) is 3.03. The molecule has 16 heavy (non-hydrogen) atoms. The Labute approximate surface area is 102 Å². The second kappa shape index (κ2) is 5.07. The molecule has 1 aromatic rings. The lowest BCUT2D eigenvalue weighted by Crippen LogP contribution is -2.05. The summed E-state index contributed by atoms with van der Waals surface area (Å²) in [4.78, 5) is 22.4. The SMILES string of the molecule is CC(=O)C(=Cc1cc(Br)ccc1O)C(C)=O. The summed E-state index contributed by atoms with van der Waals surface area (Å²) in [5, 5.41) is 9.56. The summed E-state index contributed by atoms with van der Waals surface area (Å²) in [5.74, 6) is -0.595. The molecule has 4 heteroatoms. The lowest BCUT2D eigenvalue weighted by molar-refractivity contribution is -0.119. The smallest absolute Gasteiger partial charge is 0.163 e. The molecule has 0 aliphatic carbocycles. The highest BCUT2D eigenvalue weighted by molar-refractivity contribution is 9.10. The molecular formula is C12H11BrO3. The normalized spacial score (nSPS) is 9.69. The molecule has 0 aromatic heterocycles. The molecule has 1 N–H and O–H groups in total. The minimum atomic E-state index is -0.313. The lowest BCUT2D eigenvalue weighted by atomic mass is 10.0. The molecule has 3 nitrogen and oxygen atoms in total. The summed E-state index contributed by atoms with van der Waals surface area (Å²) in [5.41, 5.74) is 0.517. The summed E-state index contributed by atoms with van der Waals surface area (Å²) in [6.45, 7) is 2.64. The fourth-order valence-corrected chi connectivity index (χ4v) is 1.63. The second-order valence-electron chi connectivity index (χ2n) is 3.37. The van der Waals surface area contributed by atoms with Gasteiger partial charge in [-0.05, 0) is 38.1 Å². The van der Waals surface area contributed by atoms with Crippen molar-refractivity contribution in [2.24, 2.45) is 0 Å². The molecule has 1 rings (SSSR count). The summed E-state index contributed by atoms with van der Waals surface area (Å²) in [6, 6.07) is 4.81. The second-order valence-corrected chi connectivity index (χ2v) is 4.29. The van der Waals surface area contributed by atoms with E-state index in [0.29, 0.717) is 5.56 Å². The van der Waals surface area contributed by atoms with Gasteiger partial charge in [-0.15, -0.1) is 0 Å². The largest absolute Gasteiger partial charge is 0.507 e. The van der Waals surface area contributed by atoms with E-state index in [-0.39, 0.29) is 22.9 Å². The van der Waals surface area contributed by atoms with E-state index in [1.807, 2.05) is 0 Å². The first-order valence-electron chi connectivity index (χ1n) is 4.64.